The van der Waals surface area contributed by atoms with Crippen molar-refractivity contribution in [3.05, 3.63) is 65.0 Å². The molecule has 3 amide bonds. The first kappa shape index (κ1) is 22.6. The van der Waals surface area contributed by atoms with E-state index >= 15 is 0 Å². The minimum Gasteiger partial charge on any atom is -0.496 e. The molecule has 0 atom stereocenters. The van der Waals surface area contributed by atoms with E-state index in [2.05, 4.69) is 5.32 Å². The Morgan fingerprint density at radius 2 is 1.71 bits per heavy atom. The lowest BCUT2D eigenvalue weighted by Crippen LogP contribution is -2.54. The van der Waals surface area contributed by atoms with Crippen molar-refractivity contribution in [3.8, 4) is 5.75 Å². The first-order chi connectivity index (χ1) is 14.7. The number of piperazine rings is 1. The van der Waals surface area contributed by atoms with Gasteiger partial charge in [0, 0.05) is 43.7 Å². The Kier molecular flexibility index (Phi) is 6.83. The molecule has 0 spiro atoms. The van der Waals surface area contributed by atoms with Crippen molar-refractivity contribution >= 4 is 11.9 Å². The number of rotatable bonds is 5. The molecule has 1 N–H and O–H groups in total. The molecule has 0 saturated carbocycles. The fourth-order valence-corrected chi connectivity index (χ4v) is 3.76. The molecule has 2 aromatic carbocycles. The SMILES string of the molecule is COc1cc(C(=O)N2CCN(C(=O)NCC(C)(C)c3ccccc3F)CC2)ccc1C. The number of aryl methyl sites for hydroxylation is 1. The molecule has 0 aliphatic carbocycles. The molecular formula is C24H30FN3O3. The monoisotopic (exact) mass is 427 g/mol. The van der Waals surface area contributed by atoms with Gasteiger partial charge in [-0.15, -0.1) is 0 Å². The van der Waals surface area contributed by atoms with Crippen molar-refractivity contribution in [2.75, 3.05) is 39.8 Å². The fraction of sp³-hybridized carbons (Fsp3) is 0.417. The molecule has 31 heavy (non-hydrogen) atoms. The van der Waals surface area contributed by atoms with E-state index in [1.54, 1.807) is 47.2 Å². The summed E-state index contributed by atoms with van der Waals surface area (Å²) in [5.74, 6) is 0.335. The number of amides is 3. The predicted molar refractivity (Wildman–Crippen MR) is 118 cm³/mol. The van der Waals surface area contributed by atoms with Gasteiger partial charge in [-0.2, -0.15) is 0 Å². The highest BCUT2D eigenvalue weighted by Crippen LogP contribution is 2.25. The van der Waals surface area contributed by atoms with Crippen LogP contribution < -0.4 is 10.1 Å². The molecule has 2 aromatic rings. The lowest BCUT2D eigenvalue weighted by Gasteiger charge is -2.35. The number of carbonyl (C=O) groups is 2. The van der Waals surface area contributed by atoms with E-state index in [-0.39, 0.29) is 17.8 Å². The number of urea groups is 1. The number of nitrogens with one attached hydrogen (secondary N) is 1. The van der Waals surface area contributed by atoms with Crippen LogP contribution in [0.1, 0.15) is 35.3 Å². The highest BCUT2D eigenvalue weighted by Gasteiger charge is 2.28. The van der Waals surface area contributed by atoms with Crippen LogP contribution in [-0.2, 0) is 5.41 Å². The second kappa shape index (κ2) is 9.37. The van der Waals surface area contributed by atoms with E-state index in [0.29, 0.717) is 49.6 Å². The van der Waals surface area contributed by atoms with Gasteiger partial charge in [0.1, 0.15) is 11.6 Å². The number of nitrogens with zero attached hydrogens (tertiary/aromatic N) is 2. The summed E-state index contributed by atoms with van der Waals surface area (Å²) in [5.41, 5.74) is 1.58. The Hall–Kier alpha value is -3.09. The highest BCUT2D eigenvalue weighted by molar-refractivity contribution is 5.95. The fourth-order valence-electron chi connectivity index (χ4n) is 3.76. The summed E-state index contributed by atoms with van der Waals surface area (Å²) in [7, 11) is 1.58. The number of halogens is 1. The normalized spacial score (nSPS) is 14.4. The van der Waals surface area contributed by atoms with Crippen LogP contribution in [0.15, 0.2) is 42.5 Å². The zero-order valence-corrected chi connectivity index (χ0v) is 18.6. The number of benzene rings is 2. The maximum atomic E-state index is 14.1. The third-order valence-electron chi connectivity index (χ3n) is 5.79. The van der Waals surface area contributed by atoms with Gasteiger partial charge in [-0.05, 0) is 36.2 Å². The Morgan fingerprint density at radius 1 is 1.06 bits per heavy atom. The van der Waals surface area contributed by atoms with E-state index in [1.165, 1.54) is 6.07 Å². The minimum absolute atomic E-state index is 0.0703. The molecule has 1 saturated heterocycles. The van der Waals surface area contributed by atoms with Crippen LogP contribution in [0.25, 0.3) is 0 Å². The molecule has 0 radical (unpaired) electrons. The van der Waals surface area contributed by atoms with Crippen LogP contribution in [0, 0.1) is 12.7 Å². The first-order valence-corrected chi connectivity index (χ1v) is 10.4. The summed E-state index contributed by atoms with van der Waals surface area (Å²) >= 11 is 0. The van der Waals surface area contributed by atoms with Crippen molar-refractivity contribution in [3.63, 3.8) is 0 Å². The van der Waals surface area contributed by atoms with Crippen LogP contribution in [0.5, 0.6) is 5.75 Å². The topological polar surface area (TPSA) is 61.9 Å². The molecule has 0 bridgehead atoms. The maximum absolute atomic E-state index is 14.1. The molecule has 7 heteroatoms. The van der Waals surface area contributed by atoms with Crippen molar-refractivity contribution in [2.45, 2.75) is 26.2 Å². The summed E-state index contributed by atoms with van der Waals surface area (Å²) in [6.07, 6.45) is 0. The van der Waals surface area contributed by atoms with Gasteiger partial charge < -0.3 is 19.9 Å². The van der Waals surface area contributed by atoms with Gasteiger partial charge in [0.2, 0.25) is 0 Å². The van der Waals surface area contributed by atoms with Gasteiger partial charge >= 0.3 is 6.03 Å². The molecule has 6 nitrogen and oxygen atoms in total. The van der Waals surface area contributed by atoms with Crippen molar-refractivity contribution in [1.29, 1.82) is 0 Å². The van der Waals surface area contributed by atoms with Crippen molar-refractivity contribution < 1.29 is 18.7 Å². The zero-order valence-electron chi connectivity index (χ0n) is 18.6. The van der Waals surface area contributed by atoms with Crippen molar-refractivity contribution in [2.24, 2.45) is 0 Å². The summed E-state index contributed by atoms with van der Waals surface area (Å²) < 4.78 is 19.4. The van der Waals surface area contributed by atoms with Crippen molar-refractivity contribution in [1.82, 2.24) is 15.1 Å². The Labute approximate surface area is 183 Å². The van der Waals surface area contributed by atoms with E-state index in [1.807, 2.05) is 26.8 Å². The second-order valence-electron chi connectivity index (χ2n) is 8.49. The number of carbonyl (C=O) groups excluding carboxylic acids is 2. The quantitative estimate of drug-likeness (QED) is 0.793. The maximum Gasteiger partial charge on any atom is 0.317 e. The van der Waals surface area contributed by atoms with Crippen LogP contribution in [0.3, 0.4) is 0 Å². The second-order valence-corrected chi connectivity index (χ2v) is 8.49. The van der Waals surface area contributed by atoms with E-state index in [9.17, 15) is 14.0 Å². The van der Waals surface area contributed by atoms with E-state index in [0.717, 1.165) is 5.56 Å². The molecule has 1 heterocycles. The van der Waals surface area contributed by atoms with Gasteiger partial charge in [0.05, 0.1) is 7.11 Å². The predicted octanol–water partition coefficient (Wildman–Crippen LogP) is 3.59. The van der Waals surface area contributed by atoms with Gasteiger partial charge in [0.25, 0.3) is 5.91 Å². The van der Waals surface area contributed by atoms with Crippen LogP contribution in [0.4, 0.5) is 9.18 Å². The van der Waals surface area contributed by atoms with E-state index in [4.69, 9.17) is 4.74 Å². The summed E-state index contributed by atoms with van der Waals surface area (Å²) in [4.78, 5) is 28.9. The Morgan fingerprint density at radius 3 is 2.35 bits per heavy atom. The Balaban J connectivity index is 1.54. The van der Waals surface area contributed by atoms with Gasteiger partial charge in [0.15, 0.2) is 0 Å². The van der Waals surface area contributed by atoms with Crippen LogP contribution >= 0.6 is 0 Å². The molecular weight excluding hydrogens is 397 g/mol. The van der Waals surface area contributed by atoms with E-state index < -0.39 is 5.41 Å². The summed E-state index contributed by atoms with van der Waals surface area (Å²) in [6, 6.07) is 11.8. The molecule has 3 rings (SSSR count). The summed E-state index contributed by atoms with van der Waals surface area (Å²) in [5, 5.41) is 2.92. The smallest absolute Gasteiger partial charge is 0.317 e. The average molecular weight is 428 g/mol. The average Bonchev–Trinajstić information content (AvgIpc) is 2.77. The van der Waals surface area contributed by atoms with Crippen LogP contribution in [-0.4, -0.2) is 61.6 Å². The molecule has 166 valence electrons. The summed E-state index contributed by atoms with van der Waals surface area (Å²) in [6.45, 7) is 7.85. The largest absolute Gasteiger partial charge is 0.496 e. The molecule has 0 unspecified atom stereocenters. The molecule has 1 aliphatic heterocycles. The third kappa shape index (κ3) is 5.16. The van der Waals surface area contributed by atoms with Crippen LogP contribution in [0.2, 0.25) is 0 Å². The standard InChI is InChI=1S/C24H30FN3O3/c1-17-9-10-18(15-21(17)31-4)22(29)27-11-13-28(14-12-27)23(30)26-16-24(2,3)19-7-5-6-8-20(19)25/h5-10,15H,11-14,16H2,1-4H3,(H,26,30). The first-order valence-electron chi connectivity index (χ1n) is 10.4. The third-order valence-corrected chi connectivity index (χ3v) is 5.79. The molecule has 0 aromatic heterocycles. The highest BCUT2D eigenvalue weighted by atomic mass is 19.1. The number of hydrogen-bond donors (Lipinski definition) is 1. The van der Waals surface area contributed by atoms with Gasteiger partial charge in [-0.1, -0.05) is 38.1 Å². The minimum atomic E-state index is -0.538. The number of methoxy groups -OCH3 is 1. The number of hydrogen-bond acceptors (Lipinski definition) is 3. The lowest BCUT2D eigenvalue weighted by molar-refractivity contribution is 0.0664. The van der Waals surface area contributed by atoms with Gasteiger partial charge in [-0.3, -0.25) is 4.79 Å². The lowest BCUT2D eigenvalue weighted by atomic mass is 9.84. The number of ether oxygens (including phenoxy) is 1. The Bertz CT molecular complexity index is 953. The molecule has 1 aliphatic rings. The van der Waals surface area contributed by atoms with Gasteiger partial charge in [-0.25, -0.2) is 9.18 Å². The molecule has 1 fully saturated rings. The zero-order chi connectivity index (χ0) is 22.6.